The van der Waals surface area contributed by atoms with Crippen molar-refractivity contribution >= 4 is 28.3 Å². The van der Waals surface area contributed by atoms with Crippen LogP contribution >= 0.6 is 0 Å². The molecular formula is C22H21NO4. The third-order valence-electron chi connectivity index (χ3n) is 4.60. The lowest BCUT2D eigenvalue weighted by Gasteiger charge is -2.09. The van der Waals surface area contributed by atoms with E-state index in [-0.39, 0.29) is 24.5 Å². The Morgan fingerprint density at radius 3 is 2.59 bits per heavy atom. The van der Waals surface area contributed by atoms with Crippen LogP contribution in [0.15, 0.2) is 51.7 Å². The van der Waals surface area contributed by atoms with E-state index in [1.165, 1.54) is 6.92 Å². The zero-order valence-electron chi connectivity index (χ0n) is 15.6. The fraction of sp³-hybridized carbons (Fsp3) is 0.227. The molecule has 1 aromatic heterocycles. The second-order valence-electron chi connectivity index (χ2n) is 6.68. The molecule has 5 heteroatoms. The van der Waals surface area contributed by atoms with Crippen molar-refractivity contribution in [3.63, 3.8) is 0 Å². The molecule has 138 valence electrons. The van der Waals surface area contributed by atoms with Crippen LogP contribution in [0.5, 0.6) is 0 Å². The van der Waals surface area contributed by atoms with E-state index in [0.717, 1.165) is 16.5 Å². The van der Waals surface area contributed by atoms with Gasteiger partial charge in [-0.15, -0.1) is 0 Å². The number of anilines is 1. The van der Waals surface area contributed by atoms with Gasteiger partial charge in [0.1, 0.15) is 5.58 Å². The molecule has 0 aliphatic heterocycles. The highest BCUT2D eigenvalue weighted by molar-refractivity contribution is 5.97. The number of ketones is 1. The van der Waals surface area contributed by atoms with Crippen LogP contribution < -0.4 is 10.9 Å². The first-order chi connectivity index (χ1) is 12.8. The van der Waals surface area contributed by atoms with Gasteiger partial charge in [0.2, 0.25) is 5.91 Å². The number of aryl methyl sites for hydroxylation is 2. The fourth-order valence-corrected chi connectivity index (χ4v) is 3.07. The zero-order valence-corrected chi connectivity index (χ0v) is 15.6. The number of rotatable bonds is 5. The van der Waals surface area contributed by atoms with E-state index in [9.17, 15) is 14.4 Å². The summed E-state index contributed by atoms with van der Waals surface area (Å²) in [5.41, 5.74) is 3.62. The lowest BCUT2D eigenvalue weighted by Crippen LogP contribution is -2.16. The largest absolute Gasteiger partial charge is 0.423 e. The predicted octanol–water partition coefficient (Wildman–Crippen LogP) is 4.18. The molecular weight excluding hydrogens is 342 g/mol. The van der Waals surface area contributed by atoms with E-state index in [2.05, 4.69) is 5.32 Å². The molecule has 1 heterocycles. The number of Topliss-reactive ketones (excluding diaryl/α,β-unsaturated/α-hetero) is 1. The van der Waals surface area contributed by atoms with Crippen molar-refractivity contribution in [2.45, 2.75) is 33.6 Å². The van der Waals surface area contributed by atoms with E-state index in [0.29, 0.717) is 22.4 Å². The van der Waals surface area contributed by atoms with E-state index in [1.807, 2.05) is 32.0 Å². The first kappa shape index (κ1) is 18.6. The normalized spacial score (nSPS) is 10.8. The molecule has 2 aromatic carbocycles. The zero-order chi connectivity index (χ0) is 19.6. The third kappa shape index (κ3) is 4.14. The molecule has 0 atom stereocenters. The fourth-order valence-electron chi connectivity index (χ4n) is 3.07. The van der Waals surface area contributed by atoms with Gasteiger partial charge in [-0.1, -0.05) is 24.3 Å². The number of benzene rings is 2. The topological polar surface area (TPSA) is 76.4 Å². The third-order valence-corrected chi connectivity index (χ3v) is 4.60. The standard InChI is InChI=1S/C22H21NO4/c1-13-7-8-18-14(2)19(22(26)27-20(18)11-13)9-10-21(25)23-17-6-4-5-16(12-17)15(3)24/h4-8,11-12H,9-10H2,1-3H3,(H,23,25). The molecule has 0 bridgehead atoms. The van der Waals surface area contributed by atoms with Crippen molar-refractivity contribution in [1.29, 1.82) is 0 Å². The van der Waals surface area contributed by atoms with Crippen LogP contribution in [0.4, 0.5) is 5.69 Å². The van der Waals surface area contributed by atoms with Crippen LogP contribution in [0.2, 0.25) is 0 Å². The maximum Gasteiger partial charge on any atom is 0.339 e. The predicted molar refractivity (Wildman–Crippen MR) is 105 cm³/mol. The maximum absolute atomic E-state index is 12.3. The summed E-state index contributed by atoms with van der Waals surface area (Å²) < 4.78 is 5.42. The maximum atomic E-state index is 12.3. The number of carbonyl (C=O) groups excluding carboxylic acids is 2. The van der Waals surface area contributed by atoms with Crippen molar-refractivity contribution < 1.29 is 14.0 Å². The van der Waals surface area contributed by atoms with E-state index >= 15 is 0 Å². The summed E-state index contributed by atoms with van der Waals surface area (Å²) >= 11 is 0. The van der Waals surface area contributed by atoms with Crippen LogP contribution in [0.25, 0.3) is 11.0 Å². The van der Waals surface area contributed by atoms with Crippen LogP contribution in [0.1, 0.15) is 40.4 Å². The molecule has 0 saturated carbocycles. The number of amides is 1. The molecule has 0 aliphatic rings. The van der Waals surface area contributed by atoms with Crippen molar-refractivity contribution in [2.24, 2.45) is 0 Å². The molecule has 27 heavy (non-hydrogen) atoms. The average Bonchev–Trinajstić information content (AvgIpc) is 2.61. The highest BCUT2D eigenvalue weighted by Gasteiger charge is 2.13. The second-order valence-corrected chi connectivity index (χ2v) is 6.68. The van der Waals surface area contributed by atoms with Gasteiger partial charge in [-0.25, -0.2) is 4.79 Å². The molecule has 0 aliphatic carbocycles. The van der Waals surface area contributed by atoms with Crippen molar-refractivity contribution in [3.05, 3.63) is 75.1 Å². The summed E-state index contributed by atoms with van der Waals surface area (Å²) in [6.07, 6.45) is 0.434. The van der Waals surface area contributed by atoms with Crippen LogP contribution in [-0.2, 0) is 11.2 Å². The molecule has 0 fully saturated rings. The molecule has 0 saturated heterocycles. The molecule has 3 rings (SSSR count). The molecule has 0 unspecified atom stereocenters. The van der Waals surface area contributed by atoms with Crippen LogP contribution in [0, 0.1) is 13.8 Å². The Hall–Kier alpha value is -3.21. The monoisotopic (exact) mass is 363 g/mol. The van der Waals surface area contributed by atoms with Crippen LogP contribution in [-0.4, -0.2) is 11.7 Å². The molecule has 0 radical (unpaired) electrons. The van der Waals surface area contributed by atoms with E-state index in [1.54, 1.807) is 24.3 Å². The van der Waals surface area contributed by atoms with Gasteiger partial charge in [0.15, 0.2) is 5.78 Å². The van der Waals surface area contributed by atoms with Gasteiger partial charge in [-0.05, 0) is 56.5 Å². The Kier molecular flexibility index (Phi) is 5.21. The molecule has 0 spiro atoms. The SMILES string of the molecule is CC(=O)c1cccc(NC(=O)CCc2c(C)c3ccc(C)cc3oc2=O)c1. The van der Waals surface area contributed by atoms with Gasteiger partial charge in [0.05, 0.1) is 0 Å². The minimum atomic E-state index is -0.406. The molecule has 1 amide bonds. The minimum Gasteiger partial charge on any atom is -0.423 e. The summed E-state index contributed by atoms with van der Waals surface area (Å²) in [5, 5.41) is 3.65. The van der Waals surface area contributed by atoms with E-state index < -0.39 is 5.63 Å². The summed E-state index contributed by atoms with van der Waals surface area (Å²) in [7, 11) is 0. The average molecular weight is 363 g/mol. The Morgan fingerprint density at radius 2 is 1.85 bits per heavy atom. The Morgan fingerprint density at radius 1 is 1.07 bits per heavy atom. The lowest BCUT2D eigenvalue weighted by molar-refractivity contribution is -0.116. The van der Waals surface area contributed by atoms with Gasteiger partial charge in [-0.3, -0.25) is 9.59 Å². The summed E-state index contributed by atoms with van der Waals surface area (Å²) in [5.74, 6) is -0.288. The number of fused-ring (bicyclic) bond motifs is 1. The number of nitrogens with one attached hydrogen (secondary N) is 1. The Bertz CT molecular complexity index is 1100. The number of carbonyl (C=O) groups is 2. The van der Waals surface area contributed by atoms with Crippen molar-refractivity contribution in [1.82, 2.24) is 0 Å². The molecule has 3 aromatic rings. The first-order valence-electron chi connectivity index (χ1n) is 8.79. The van der Waals surface area contributed by atoms with Crippen molar-refractivity contribution in [2.75, 3.05) is 5.32 Å². The molecule has 5 nitrogen and oxygen atoms in total. The highest BCUT2D eigenvalue weighted by Crippen LogP contribution is 2.21. The van der Waals surface area contributed by atoms with Gasteiger partial charge in [0.25, 0.3) is 0 Å². The lowest BCUT2D eigenvalue weighted by atomic mass is 10.0. The summed E-state index contributed by atoms with van der Waals surface area (Å²) in [6.45, 7) is 5.29. The van der Waals surface area contributed by atoms with Crippen molar-refractivity contribution in [3.8, 4) is 0 Å². The van der Waals surface area contributed by atoms with Gasteiger partial charge in [0, 0.05) is 28.6 Å². The highest BCUT2D eigenvalue weighted by atomic mass is 16.4. The second kappa shape index (κ2) is 7.58. The van der Waals surface area contributed by atoms with Crippen LogP contribution in [0.3, 0.4) is 0 Å². The first-order valence-corrected chi connectivity index (χ1v) is 8.79. The Balaban J connectivity index is 1.76. The van der Waals surface area contributed by atoms with Gasteiger partial charge >= 0.3 is 5.63 Å². The molecule has 1 N–H and O–H groups in total. The quantitative estimate of drug-likeness (QED) is 0.545. The summed E-state index contributed by atoms with van der Waals surface area (Å²) in [6, 6.07) is 12.5. The van der Waals surface area contributed by atoms with E-state index in [4.69, 9.17) is 4.42 Å². The summed E-state index contributed by atoms with van der Waals surface area (Å²) in [4.78, 5) is 36.0. The van der Waals surface area contributed by atoms with Gasteiger partial charge < -0.3 is 9.73 Å². The number of hydrogen-bond donors (Lipinski definition) is 1. The number of hydrogen-bond acceptors (Lipinski definition) is 4. The Labute approximate surface area is 157 Å². The smallest absolute Gasteiger partial charge is 0.339 e. The van der Waals surface area contributed by atoms with Gasteiger partial charge in [-0.2, -0.15) is 0 Å². The minimum absolute atomic E-state index is 0.0641.